The second kappa shape index (κ2) is 12.4. The molecule has 226 valence electrons. The SMILES string of the molecule is C=CCc1cc(C2C3=C(CCCC3=O)N(CCC(=O)O)C3=C2C(=O)CCC3)cc(OC)c1OS(=O)(=O)c1ccc(Cl)cc1. The fourth-order valence-electron chi connectivity index (χ4n) is 6.19. The molecule has 0 spiro atoms. The molecule has 11 heteroatoms. The maximum Gasteiger partial charge on any atom is 0.339 e. The van der Waals surface area contributed by atoms with Gasteiger partial charge in [-0.15, -0.1) is 6.58 Å². The Morgan fingerprint density at radius 3 is 2.19 bits per heavy atom. The van der Waals surface area contributed by atoms with Gasteiger partial charge in [-0.3, -0.25) is 14.4 Å². The van der Waals surface area contributed by atoms with Crippen LogP contribution in [-0.4, -0.2) is 49.6 Å². The van der Waals surface area contributed by atoms with Gasteiger partial charge in [-0.25, -0.2) is 0 Å². The first-order chi connectivity index (χ1) is 20.6. The summed E-state index contributed by atoms with van der Waals surface area (Å²) in [5, 5.41) is 9.80. The predicted molar refractivity (Wildman–Crippen MR) is 160 cm³/mol. The summed E-state index contributed by atoms with van der Waals surface area (Å²) in [6, 6.07) is 8.95. The Kier molecular flexibility index (Phi) is 8.80. The lowest BCUT2D eigenvalue weighted by molar-refractivity contribution is -0.137. The summed E-state index contributed by atoms with van der Waals surface area (Å²) in [6.07, 6.45) is 4.74. The number of carboxylic acid groups (broad SMARTS) is 1. The van der Waals surface area contributed by atoms with Gasteiger partial charge >= 0.3 is 16.1 Å². The third kappa shape index (κ3) is 5.99. The van der Waals surface area contributed by atoms with Crippen LogP contribution < -0.4 is 8.92 Å². The summed E-state index contributed by atoms with van der Waals surface area (Å²) in [4.78, 5) is 40.5. The van der Waals surface area contributed by atoms with Crippen LogP contribution in [0.15, 0.2) is 76.5 Å². The molecule has 0 saturated heterocycles. The van der Waals surface area contributed by atoms with Gasteiger partial charge in [0.25, 0.3) is 0 Å². The third-order valence-corrected chi connectivity index (χ3v) is 9.49. The Morgan fingerprint density at radius 2 is 1.65 bits per heavy atom. The first-order valence-electron chi connectivity index (χ1n) is 14.1. The van der Waals surface area contributed by atoms with Crippen LogP contribution in [0.5, 0.6) is 11.5 Å². The smallest absolute Gasteiger partial charge is 0.339 e. The van der Waals surface area contributed by atoms with Crippen molar-refractivity contribution in [1.82, 2.24) is 4.90 Å². The number of aliphatic carboxylic acids is 1. The van der Waals surface area contributed by atoms with Crippen LogP contribution in [0.1, 0.15) is 62.0 Å². The van der Waals surface area contributed by atoms with E-state index in [9.17, 15) is 27.9 Å². The van der Waals surface area contributed by atoms with Crippen molar-refractivity contribution in [2.45, 2.75) is 62.2 Å². The molecule has 1 aliphatic heterocycles. The number of hydrogen-bond donors (Lipinski definition) is 1. The maximum atomic E-state index is 13.6. The third-order valence-electron chi connectivity index (χ3n) is 8.00. The van der Waals surface area contributed by atoms with E-state index in [1.165, 1.54) is 31.4 Å². The molecule has 0 unspecified atom stereocenters. The van der Waals surface area contributed by atoms with Crippen molar-refractivity contribution in [3.05, 3.63) is 87.7 Å². The Labute approximate surface area is 255 Å². The summed E-state index contributed by atoms with van der Waals surface area (Å²) in [7, 11) is -2.88. The number of methoxy groups -OCH3 is 1. The average Bonchev–Trinajstić information content (AvgIpc) is 2.97. The molecule has 0 aromatic heterocycles. The van der Waals surface area contributed by atoms with Gasteiger partial charge in [-0.2, -0.15) is 8.42 Å². The lowest BCUT2D eigenvalue weighted by atomic mass is 9.70. The van der Waals surface area contributed by atoms with Gasteiger partial charge in [0.2, 0.25) is 0 Å². The number of carbonyl (C=O) groups excluding carboxylic acids is 2. The molecular formula is C32H32ClNO8S. The van der Waals surface area contributed by atoms with Crippen LogP contribution in [0.25, 0.3) is 0 Å². The summed E-state index contributed by atoms with van der Waals surface area (Å²) >= 11 is 5.93. The number of allylic oxidation sites excluding steroid dienone is 5. The van der Waals surface area contributed by atoms with Crippen LogP contribution in [0.2, 0.25) is 5.02 Å². The van der Waals surface area contributed by atoms with E-state index in [1.54, 1.807) is 18.2 Å². The van der Waals surface area contributed by atoms with Gasteiger partial charge in [-0.05, 0) is 68.0 Å². The molecule has 0 fully saturated rings. The molecule has 5 rings (SSSR count). The Bertz CT molecular complexity index is 1630. The van der Waals surface area contributed by atoms with Crippen molar-refractivity contribution in [1.29, 1.82) is 0 Å². The van der Waals surface area contributed by atoms with Crippen LogP contribution in [-0.2, 0) is 30.9 Å². The van der Waals surface area contributed by atoms with Crippen LogP contribution >= 0.6 is 11.6 Å². The van der Waals surface area contributed by atoms with E-state index in [0.29, 0.717) is 65.8 Å². The second-order valence-electron chi connectivity index (χ2n) is 10.7. The molecule has 2 aromatic rings. The fourth-order valence-corrected chi connectivity index (χ4v) is 7.29. The lowest BCUT2D eigenvalue weighted by Crippen LogP contribution is -2.40. The lowest BCUT2D eigenvalue weighted by Gasteiger charge is -2.44. The standard InChI is InChI=1S/C32H32ClNO8S/c1-3-6-19-17-20(18-27(41-2)32(19)42-43(39,40)22-13-11-21(33)12-14-22)29-30-23(7-4-9-25(30)35)34(16-15-28(37)38)24-8-5-10-26(36)31(24)29/h3,11-14,17-18,29H,1,4-10,15-16H2,2H3,(H,37,38). The first-order valence-corrected chi connectivity index (χ1v) is 15.9. The minimum Gasteiger partial charge on any atom is -0.493 e. The minimum absolute atomic E-state index is 0.0201. The van der Waals surface area contributed by atoms with Gasteiger partial charge in [0, 0.05) is 58.4 Å². The zero-order chi connectivity index (χ0) is 30.9. The molecular weight excluding hydrogens is 594 g/mol. The normalized spacial score (nSPS) is 17.5. The minimum atomic E-state index is -4.27. The number of ketones is 2. The zero-order valence-electron chi connectivity index (χ0n) is 23.7. The number of carbonyl (C=O) groups is 3. The molecule has 0 atom stereocenters. The highest BCUT2D eigenvalue weighted by Gasteiger charge is 2.43. The van der Waals surface area contributed by atoms with E-state index in [1.807, 2.05) is 4.90 Å². The number of rotatable bonds is 10. The molecule has 2 aromatic carbocycles. The van der Waals surface area contributed by atoms with Crippen molar-refractivity contribution in [3.8, 4) is 11.5 Å². The van der Waals surface area contributed by atoms with Gasteiger partial charge < -0.3 is 18.9 Å². The monoisotopic (exact) mass is 625 g/mol. The first kappa shape index (κ1) is 30.6. The topological polar surface area (TPSA) is 127 Å². The average molecular weight is 626 g/mol. The quantitative estimate of drug-likeness (QED) is 0.260. The Hall–Kier alpha value is -3.89. The largest absolute Gasteiger partial charge is 0.493 e. The van der Waals surface area contributed by atoms with Crippen LogP contribution in [0.3, 0.4) is 0 Å². The molecule has 9 nitrogen and oxygen atoms in total. The van der Waals surface area contributed by atoms with Crippen LogP contribution in [0, 0.1) is 0 Å². The molecule has 0 amide bonds. The number of halogens is 1. The molecule has 43 heavy (non-hydrogen) atoms. The fraction of sp³-hybridized carbons (Fsp3) is 0.344. The molecule has 0 radical (unpaired) electrons. The van der Waals surface area contributed by atoms with E-state index < -0.39 is 22.0 Å². The number of ether oxygens (including phenoxy) is 1. The van der Waals surface area contributed by atoms with E-state index in [2.05, 4.69) is 6.58 Å². The van der Waals surface area contributed by atoms with Crippen molar-refractivity contribution in [2.75, 3.05) is 13.7 Å². The highest BCUT2D eigenvalue weighted by Crippen LogP contribution is 2.51. The summed E-state index contributed by atoms with van der Waals surface area (Å²) in [5.41, 5.74) is 3.52. The highest BCUT2D eigenvalue weighted by molar-refractivity contribution is 7.87. The number of nitrogens with zero attached hydrogens (tertiary/aromatic N) is 1. The van der Waals surface area contributed by atoms with E-state index in [-0.39, 0.29) is 47.3 Å². The zero-order valence-corrected chi connectivity index (χ0v) is 25.3. The van der Waals surface area contributed by atoms with E-state index >= 15 is 0 Å². The van der Waals surface area contributed by atoms with Crippen molar-refractivity contribution >= 4 is 39.3 Å². The van der Waals surface area contributed by atoms with E-state index in [4.69, 9.17) is 20.5 Å². The molecule has 2 aliphatic carbocycles. The van der Waals surface area contributed by atoms with Gasteiger partial charge in [0.15, 0.2) is 23.1 Å². The molecule has 0 saturated carbocycles. The van der Waals surface area contributed by atoms with Crippen molar-refractivity contribution in [3.63, 3.8) is 0 Å². The molecule has 3 aliphatic rings. The Balaban J connectivity index is 1.68. The number of benzene rings is 2. The van der Waals surface area contributed by atoms with Gasteiger partial charge in [0.05, 0.1) is 13.5 Å². The number of hydrogen-bond acceptors (Lipinski definition) is 8. The number of carboxylic acids is 1. The Morgan fingerprint density at radius 1 is 1.05 bits per heavy atom. The summed E-state index contributed by atoms with van der Waals surface area (Å²) in [5.74, 6) is -1.74. The maximum absolute atomic E-state index is 13.6. The second-order valence-corrected chi connectivity index (χ2v) is 12.7. The van der Waals surface area contributed by atoms with E-state index in [0.717, 1.165) is 11.4 Å². The number of Topliss-reactive ketones (excluding diaryl/α,β-unsaturated/α-hetero) is 2. The predicted octanol–water partition coefficient (Wildman–Crippen LogP) is 5.73. The van der Waals surface area contributed by atoms with Crippen molar-refractivity contribution in [2.24, 2.45) is 0 Å². The molecule has 1 heterocycles. The van der Waals surface area contributed by atoms with Crippen LogP contribution in [0.4, 0.5) is 0 Å². The summed E-state index contributed by atoms with van der Waals surface area (Å²) < 4.78 is 37.8. The molecule has 0 bridgehead atoms. The van der Waals surface area contributed by atoms with Crippen molar-refractivity contribution < 1.29 is 36.8 Å². The van der Waals surface area contributed by atoms with Gasteiger partial charge in [0.1, 0.15) is 4.90 Å². The highest BCUT2D eigenvalue weighted by atomic mass is 35.5. The summed E-state index contributed by atoms with van der Waals surface area (Å²) in [6.45, 7) is 3.98. The van der Waals surface area contributed by atoms with Gasteiger partial charge in [-0.1, -0.05) is 23.7 Å². The molecule has 1 N–H and O–H groups in total.